The van der Waals surface area contributed by atoms with Gasteiger partial charge in [0, 0.05) is 185 Å². The quantitative estimate of drug-likeness (QED) is 0.114. The Morgan fingerprint density at radius 3 is 0.788 bits per heavy atom. The fraction of sp³-hybridized carbons (Fsp3) is 0. The molecule has 0 amide bonds. The van der Waals surface area contributed by atoms with Crippen LogP contribution in [0.3, 0.4) is 0 Å². The van der Waals surface area contributed by atoms with Crippen molar-refractivity contribution in [2.75, 3.05) is 0 Å². The molecule has 0 fully saturated rings. The molecule has 0 unspecified atom stereocenters. The van der Waals surface area contributed by atoms with Crippen molar-refractivity contribution in [3.05, 3.63) is 473 Å². The molecule has 14 heteroatoms. The van der Waals surface area contributed by atoms with Crippen LogP contribution >= 0.6 is 45.3 Å². The molecule has 146 heavy (non-hydrogen) atoms. The fourth-order valence-electron chi connectivity index (χ4n) is 22.5. The van der Waals surface area contributed by atoms with Crippen LogP contribution in [-0.4, -0.2) is 48.2 Å². The lowest BCUT2D eigenvalue weighted by atomic mass is 9.93. The van der Waals surface area contributed by atoms with E-state index >= 15 is 0 Å². The Hall–Kier alpha value is -18.3. The summed E-state index contributed by atoms with van der Waals surface area (Å²) in [5.74, 6) is 3.79. The molecule has 0 saturated heterocycles. The maximum Gasteiger partial charge on any atom is 0.164 e. The minimum Gasteiger partial charge on any atom is -0.309 e. The van der Waals surface area contributed by atoms with E-state index in [1.807, 2.05) is 118 Å². The summed E-state index contributed by atoms with van der Waals surface area (Å²) in [6.45, 7) is 0. The third-order valence-corrected chi connectivity index (χ3v) is 33.8. The van der Waals surface area contributed by atoms with E-state index in [1.165, 1.54) is 173 Å². The maximum absolute atomic E-state index is 5.40. The molecule has 0 spiro atoms. The van der Waals surface area contributed by atoms with Gasteiger partial charge in [-0.2, -0.15) is 0 Å². The first-order valence-corrected chi connectivity index (χ1v) is 52.3. The molecule has 0 N–H and O–H groups in total. The third kappa shape index (κ3) is 13.6. The van der Waals surface area contributed by atoms with Gasteiger partial charge in [0.1, 0.15) is 0 Å². The highest BCUT2D eigenvalue weighted by molar-refractivity contribution is 7.27. The van der Waals surface area contributed by atoms with Gasteiger partial charge in [0.25, 0.3) is 0 Å². The molecule has 680 valence electrons. The van der Waals surface area contributed by atoms with Gasteiger partial charge in [0.2, 0.25) is 0 Å². The van der Waals surface area contributed by atoms with E-state index in [9.17, 15) is 0 Å². The maximum atomic E-state index is 5.40. The van der Waals surface area contributed by atoms with Gasteiger partial charge in [-0.15, -0.1) is 45.3 Å². The molecule has 0 atom stereocenters. The first-order chi connectivity index (χ1) is 72.4. The van der Waals surface area contributed by atoms with Gasteiger partial charge in [-0.25, -0.2) is 29.9 Å². The number of hydrogen-bond donors (Lipinski definition) is 0. The molecule has 10 nitrogen and oxygen atoms in total. The number of hydrogen-bond acceptors (Lipinski definition) is 10. The Morgan fingerprint density at radius 1 is 0.130 bits per heavy atom. The number of aromatic nitrogens is 10. The molecule has 0 saturated carbocycles. The predicted octanol–water partition coefficient (Wildman–Crippen LogP) is 36.6. The zero-order valence-corrected chi connectivity index (χ0v) is 81.4. The van der Waals surface area contributed by atoms with Crippen LogP contribution in [0.5, 0.6) is 0 Å². The van der Waals surface area contributed by atoms with E-state index in [0.717, 1.165) is 83.9 Å². The fourth-order valence-corrected chi connectivity index (χ4v) is 27.3. The standard InChI is InChI=1S/C69H41N5S2.C63H37N5S2/c1-5-19-42(20-6-1)67-70-68(43-21-7-2-8-22-43)72-69(71-67)58-37-44(47-29-17-31-52-56-38-61-54(40-63(56)75-65(47)52)49-27-13-15-33-59(49)73(61)45-23-9-3-10-24-45)35-36-48(58)51-30-18-32-53-57-39-62-55(41-64(57)76-66(51)53)50-28-14-16-34-60(50)74(62)46-25-11-4-12-26-46;1-5-17-38(18-6-1)61-64-62(39-19-7-2-8-20-39)66-63(65-61)52-32-49-51-34-56-48(44-26-14-16-28-54(44)68(56)42-23-11-4-12-24-42)37-60(51)70-58(49)35-46(52)40-29-30-45-50-33-55-47(36-59(50)69-57(45)31-40)43-25-13-15-27-53(43)67(55)41-21-9-3-10-22-41/h1-41H;1-37H. The zero-order chi connectivity index (χ0) is 95.7. The molecule has 0 aliphatic rings. The third-order valence-electron chi connectivity index (χ3n) is 29.1. The zero-order valence-electron chi connectivity index (χ0n) is 78.1. The molecule has 10 aromatic heterocycles. The number of rotatable bonds is 13. The molecule has 10 heterocycles. The first-order valence-electron chi connectivity index (χ1n) is 49.1. The van der Waals surface area contributed by atoms with Crippen molar-refractivity contribution >= 4 is 213 Å². The highest BCUT2D eigenvalue weighted by atomic mass is 32.1. The second kappa shape index (κ2) is 33.7. The van der Waals surface area contributed by atoms with Crippen LogP contribution < -0.4 is 0 Å². The predicted molar refractivity (Wildman–Crippen MR) is 617 cm³/mol. The lowest BCUT2D eigenvalue weighted by Crippen LogP contribution is -2.01. The van der Waals surface area contributed by atoms with Gasteiger partial charge in [0.15, 0.2) is 34.9 Å². The van der Waals surface area contributed by atoms with Crippen LogP contribution in [-0.2, 0) is 0 Å². The van der Waals surface area contributed by atoms with Gasteiger partial charge in [-0.05, 0) is 173 Å². The van der Waals surface area contributed by atoms with Gasteiger partial charge in [0.05, 0.1) is 44.1 Å². The molecule has 21 aromatic carbocycles. The monoisotopic (exact) mass is 1930 g/mol. The van der Waals surface area contributed by atoms with Crippen LogP contribution in [0.25, 0.3) is 292 Å². The van der Waals surface area contributed by atoms with E-state index in [1.54, 1.807) is 0 Å². The highest BCUT2D eigenvalue weighted by Crippen LogP contribution is 2.53. The second-order valence-electron chi connectivity index (χ2n) is 37.4. The van der Waals surface area contributed by atoms with Crippen molar-refractivity contribution < 1.29 is 0 Å². The van der Waals surface area contributed by atoms with Crippen molar-refractivity contribution in [3.8, 4) is 124 Å². The van der Waals surface area contributed by atoms with Crippen LogP contribution in [0.4, 0.5) is 0 Å². The van der Waals surface area contributed by atoms with Crippen molar-refractivity contribution in [3.63, 3.8) is 0 Å². The van der Waals surface area contributed by atoms with E-state index in [0.29, 0.717) is 34.9 Å². The average molecular weight is 1930 g/mol. The summed E-state index contributed by atoms with van der Waals surface area (Å²) in [7, 11) is 0. The van der Waals surface area contributed by atoms with Crippen molar-refractivity contribution in [1.82, 2.24) is 48.2 Å². The van der Waals surface area contributed by atoms with Crippen molar-refractivity contribution in [2.24, 2.45) is 0 Å². The molecule has 0 radical (unpaired) electrons. The van der Waals surface area contributed by atoms with E-state index in [4.69, 9.17) is 29.9 Å². The van der Waals surface area contributed by atoms with Crippen molar-refractivity contribution in [2.45, 2.75) is 0 Å². The highest BCUT2D eigenvalue weighted by Gasteiger charge is 2.28. The van der Waals surface area contributed by atoms with Gasteiger partial charge in [-0.1, -0.05) is 328 Å². The summed E-state index contributed by atoms with van der Waals surface area (Å²) in [6, 6.07) is 170. The largest absolute Gasteiger partial charge is 0.309 e. The van der Waals surface area contributed by atoms with E-state index in [2.05, 4.69) is 419 Å². The van der Waals surface area contributed by atoms with Gasteiger partial charge in [-0.3, -0.25) is 0 Å². The number of para-hydroxylation sites is 8. The Labute approximate surface area is 852 Å². The topological polar surface area (TPSA) is 97.1 Å². The van der Waals surface area contributed by atoms with Crippen LogP contribution in [0, 0.1) is 0 Å². The van der Waals surface area contributed by atoms with Gasteiger partial charge >= 0.3 is 0 Å². The number of fused-ring (bicyclic) bond motifs is 24. The van der Waals surface area contributed by atoms with E-state index in [-0.39, 0.29) is 0 Å². The van der Waals surface area contributed by atoms with E-state index < -0.39 is 0 Å². The molecule has 0 bridgehead atoms. The molecular weight excluding hydrogens is 1850 g/mol. The Kier molecular flexibility index (Phi) is 19.3. The molecule has 31 aromatic rings. The summed E-state index contributed by atoms with van der Waals surface area (Å²) in [6.07, 6.45) is 0. The first kappa shape index (κ1) is 83.5. The molecule has 0 aliphatic carbocycles. The SMILES string of the molecule is c1ccc(-c2nc(-c3ccccc3)nc(-c3cc(-c4cccc5c4sc4cc6c7ccccc7n(-c7ccccc7)c6cc45)ccc3-c3cccc4c3sc3cc5c6ccccc6n(-c6ccccc6)c5cc34)n2)cc1.c1ccc(-c2nc(-c3ccccc3)nc(-c3cc4c(cc3-c3ccc5c(c3)sc3cc6c7ccccc7n(-c7ccccc7)c6cc35)sc3cc5c6ccccc6n(-c6ccccc6)c5cc34)n2)cc1. The summed E-state index contributed by atoms with van der Waals surface area (Å²) >= 11 is 7.44. The second-order valence-corrected chi connectivity index (χ2v) is 41.7. The van der Waals surface area contributed by atoms with Gasteiger partial charge < -0.3 is 18.3 Å². The summed E-state index contributed by atoms with van der Waals surface area (Å²) in [5, 5.41) is 19.8. The molecule has 31 rings (SSSR count). The normalized spacial score (nSPS) is 12.0. The summed E-state index contributed by atoms with van der Waals surface area (Å²) in [5.41, 5.74) is 26.5. The van der Waals surface area contributed by atoms with Crippen LogP contribution in [0.1, 0.15) is 0 Å². The Morgan fingerprint density at radius 2 is 0.404 bits per heavy atom. The minimum absolute atomic E-state index is 0.622. The number of thiophene rings is 4. The molecular formula is C132H78N10S4. The smallest absolute Gasteiger partial charge is 0.164 e. The van der Waals surface area contributed by atoms with Crippen molar-refractivity contribution in [1.29, 1.82) is 0 Å². The Balaban J connectivity index is 0.000000136. The minimum atomic E-state index is 0.622. The average Bonchev–Trinajstić information content (AvgIpc) is 1.38. The molecule has 0 aliphatic heterocycles. The Bertz CT molecular complexity index is 10700. The lowest BCUT2D eigenvalue weighted by molar-refractivity contribution is 1.07. The summed E-state index contributed by atoms with van der Waals surface area (Å²) in [4.78, 5) is 31.7. The van der Waals surface area contributed by atoms with Crippen LogP contribution in [0.2, 0.25) is 0 Å². The van der Waals surface area contributed by atoms with Crippen LogP contribution in [0.15, 0.2) is 473 Å². The number of nitrogens with zero attached hydrogens (tertiary/aromatic N) is 10. The lowest BCUT2D eigenvalue weighted by Gasteiger charge is -2.15. The number of benzene rings is 21. The summed E-state index contributed by atoms with van der Waals surface area (Å²) < 4.78 is 19.6.